The summed E-state index contributed by atoms with van der Waals surface area (Å²) in [5.41, 5.74) is 7.73. The van der Waals surface area contributed by atoms with Crippen molar-refractivity contribution in [3.63, 3.8) is 0 Å². The van der Waals surface area contributed by atoms with E-state index in [4.69, 9.17) is 0 Å². The van der Waals surface area contributed by atoms with Gasteiger partial charge in [-0.2, -0.15) is 5.10 Å². The van der Waals surface area contributed by atoms with Crippen LogP contribution in [-0.4, -0.2) is 12.2 Å². The van der Waals surface area contributed by atoms with E-state index in [0.717, 1.165) is 22.4 Å². The summed E-state index contributed by atoms with van der Waals surface area (Å²) in [6, 6.07) is 13.1. The third-order valence-corrected chi connectivity index (χ3v) is 3.13. The van der Waals surface area contributed by atoms with Crippen molar-refractivity contribution in [1.29, 1.82) is 0 Å². The lowest BCUT2D eigenvalue weighted by Gasteiger charge is -2.07. The highest BCUT2D eigenvalue weighted by Crippen LogP contribution is 2.14. The molecule has 0 saturated heterocycles. The second kappa shape index (κ2) is 6.70. The van der Waals surface area contributed by atoms with Crippen molar-refractivity contribution in [1.82, 2.24) is 5.43 Å². The molecule has 0 radical (unpaired) electrons. The van der Waals surface area contributed by atoms with E-state index in [9.17, 15) is 4.79 Å². The lowest BCUT2D eigenvalue weighted by molar-refractivity contribution is 0.252. The minimum absolute atomic E-state index is 0.361. The Kier molecular flexibility index (Phi) is 4.72. The average Bonchev–Trinajstić information content (AvgIpc) is 2.42. The number of carbonyl (C=O) groups excluding carboxylic acids is 1. The number of rotatable bonds is 3. The molecule has 2 amide bonds. The molecule has 2 aromatic rings. The number of hydrazone groups is 1. The van der Waals surface area contributed by atoms with Crippen molar-refractivity contribution in [3.05, 3.63) is 64.7 Å². The van der Waals surface area contributed by atoms with Crippen LogP contribution >= 0.6 is 0 Å². The van der Waals surface area contributed by atoms with Crippen molar-refractivity contribution in [3.8, 4) is 0 Å². The van der Waals surface area contributed by atoms with E-state index in [1.165, 1.54) is 5.56 Å². The number of amides is 2. The van der Waals surface area contributed by atoms with Crippen LogP contribution in [0.5, 0.6) is 0 Å². The smallest absolute Gasteiger partial charge is 0.307 e. The Bertz CT molecular complexity index is 640. The van der Waals surface area contributed by atoms with Gasteiger partial charge in [-0.3, -0.25) is 0 Å². The summed E-state index contributed by atoms with van der Waals surface area (Å²) in [7, 11) is 0. The van der Waals surface area contributed by atoms with E-state index in [1.54, 1.807) is 6.21 Å². The van der Waals surface area contributed by atoms with Crippen LogP contribution in [0.4, 0.5) is 10.5 Å². The molecular weight excluding hydrogens is 262 g/mol. The number of para-hydroxylation sites is 1. The Morgan fingerprint density at radius 3 is 2.29 bits per heavy atom. The number of benzene rings is 2. The first kappa shape index (κ1) is 14.8. The van der Waals surface area contributed by atoms with Gasteiger partial charge >= 0.3 is 6.03 Å². The number of nitrogens with one attached hydrogen (secondary N) is 2. The van der Waals surface area contributed by atoms with Crippen molar-refractivity contribution in [2.45, 2.75) is 20.8 Å². The number of nitrogens with zero attached hydrogens (tertiary/aromatic N) is 1. The zero-order valence-electron chi connectivity index (χ0n) is 12.5. The van der Waals surface area contributed by atoms with Gasteiger partial charge in [-0.1, -0.05) is 35.9 Å². The van der Waals surface area contributed by atoms with E-state index < -0.39 is 0 Å². The molecular formula is C17H19N3O. The third-order valence-electron chi connectivity index (χ3n) is 3.13. The van der Waals surface area contributed by atoms with Gasteiger partial charge in [-0.15, -0.1) is 0 Å². The van der Waals surface area contributed by atoms with Crippen molar-refractivity contribution in [2.75, 3.05) is 5.32 Å². The molecule has 0 aliphatic carbocycles. The van der Waals surface area contributed by atoms with Gasteiger partial charge in [0.05, 0.1) is 6.21 Å². The summed E-state index contributed by atoms with van der Waals surface area (Å²) in [5, 5.41) is 6.70. The van der Waals surface area contributed by atoms with Crippen molar-refractivity contribution in [2.24, 2.45) is 5.10 Å². The minimum Gasteiger partial charge on any atom is -0.307 e. The second-order valence-corrected chi connectivity index (χ2v) is 5.00. The molecule has 2 aromatic carbocycles. The molecule has 2 N–H and O–H groups in total. The Labute approximate surface area is 124 Å². The van der Waals surface area contributed by atoms with Crippen LogP contribution < -0.4 is 10.7 Å². The van der Waals surface area contributed by atoms with Crippen LogP contribution in [0.25, 0.3) is 0 Å². The fourth-order valence-corrected chi connectivity index (χ4v) is 2.23. The van der Waals surface area contributed by atoms with Crippen LogP contribution in [0, 0.1) is 20.8 Å². The van der Waals surface area contributed by atoms with Crippen LogP contribution in [0.2, 0.25) is 0 Å². The number of hydrogen-bond acceptors (Lipinski definition) is 2. The van der Waals surface area contributed by atoms with E-state index in [-0.39, 0.29) is 6.03 Å². The number of carbonyl (C=O) groups is 1. The third kappa shape index (κ3) is 4.18. The molecule has 0 atom stereocenters. The topological polar surface area (TPSA) is 53.5 Å². The minimum atomic E-state index is -0.361. The molecule has 108 valence electrons. The zero-order valence-corrected chi connectivity index (χ0v) is 12.5. The van der Waals surface area contributed by atoms with Crippen LogP contribution in [-0.2, 0) is 0 Å². The predicted molar refractivity (Wildman–Crippen MR) is 86.8 cm³/mol. The SMILES string of the molecule is Cc1cc(C)c(C=NNC(=O)Nc2ccccc2)c(C)c1. The summed E-state index contributed by atoms with van der Waals surface area (Å²) in [6.45, 7) is 6.13. The molecule has 4 nitrogen and oxygen atoms in total. The predicted octanol–water partition coefficient (Wildman–Crippen LogP) is 3.77. The van der Waals surface area contributed by atoms with Crippen LogP contribution in [0.15, 0.2) is 47.6 Å². The van der Waals surface area contributed by atoms with Crippen LogP contribution in [0.3, 0.4) is 0 Å². The van der Waals surface area contributed by atoms with Gasteiger partial charge in [0, 0.05) is 11.3 Å². The molecule has 0 aromatic heterocycles. The maximum absolute atomic E-state index is 11.7. The van der Waals surface area contributed by atoms with Crippen molar-refractivity contribution >= 4 is 17.9 Å². The summed E-state index contributed by atoms with van der Waals surface area (Å²) < 4.78 is 0. The number of hydrogen-bond donors (Lipinski definition) is 2. The first-order chi connectivity index (χ1) is 10.1. The molecule has 0 saturated carbocycles. The largest absolute Gasteiger partial charge is 0.339 e. The molecule has 0 aliphatic rings. The first-order valence-electron chi connectivity index (χ1n) is 6.79. The molecule has 2 rings (SSSR count). The molecule has 21 heavy (non-hydrogen) atoms. The highest BCUT2D eigenvalue weighted by atomic mass is 16.2. The molecule has 0 spiro atoms. The first-order valence-corrected chi connectivity index (χ1v) is 6.79. The zero-order chi connectivity index (χ0) is 15.2. The Morgan fingerprint density at radius 1 is 1.05 bits per heavy atom. The Hall–Kier alpha value is -2.62. The standard InChI is InChI=1S/C17H19N3O/c1-12-9-13(2)16(14(3)10-12)11-18-20-17(21)19-15-7-5-4-6-8-15/h4-11H,1-3H3,(H2,19,20,21). The number of urea groups is 1. The van der Waals surface area contributed by atoms with E-state index >= 15 is 0 Å². The van der Waals surface area contributed by atoms with Crippen molar-refractivity contribution < 1.29 is 4.79 Å². The highest BCUT2D eigenvalue weighted by molar-refractivity contribution is 5.90. The maximum atomic E-state index is 11.7. The summed E-state index contributed by atoms with van der Waals surface area (Å²) in [4.78, 5) is 11.7. The van der Waals surface area contributed by atoms with Gasteiger partial charge in [0.15, 0.2) is 0 Å². The molecule has 0 aliphatic heterocycles. The molecule has 0 unspecified atom stereocenters. The monoisotopic (exact) mass is 281 g/mol. The molecule has 4 heteroatoms. The average molecular weight is 281 g/mol. The quantitative estimate of drug-likeness (QED) is 0.653. The molecule has 0 heterocycles. The Balaban J connectivity index is 1.98. The second-order valence-electron chi connectivity index (χ2n) is 5.00. The fraction of sp³-hybridized carbons (Fsp3) is 0.176. The van der Waals surface area contributed by atoms with E-state index in [2.05, 4.69) is 34.9 Å². The maximum Gasteiger partial charge on any atom is 0.339 e. The molecule has 0 bridgehead atoms. The fourth-order valence-electron chi connectivity index (χ4n) is 2.23. The highest BCUT2D eigenvalue weighted by Gasteiger charge is 2.02. The van der Waals surface area contributed by atoms with Gasteiger partial charge in [-0.05, 0) is 44.0 Å². The summed E-state index contributed by atoms with van der Waals surface area (Å²) in [6.07, 6.45) is 1.68. The van der Waals surface area contributed by atoms with Gasteiger partial charge in [-0.25, -0.2) is 10.2 Å². The van der Waals surface area contributed by atoms with E-state index in [0.29, 0.717) is 0 Å². The van der Waals surface area contributed by atoms with Gasteiger partial charge in [0.25, 0.3) is 0 Å². The Morgan fingerprint density at radius 2 is 1.67 bits per heavy atom. The van der Waals surface area contributed by atoms with Gasteiger partial charge in [0.1, 0.15) is 0 Å². The van der Waals surface area contributed by atoms with Gasteiger partial charge in [0.2, 0.25) is 0 Å². The summed E-state index contributed by atoms with van der Waals surface area (Å²) >= 11 is 0. The summed E-state index contributed by atoms with van der Waals surface area (Å²) in [5.74, 6) is 0. The normalized spacial score (nSPS) is 10.6. The van der Waals surface area contributed by atoms with Gasteiger partial charge < -0.3 is 5.32 Å². The number of aryl methyl sites for hydroxylation is 3. The molecule has 0 fully saturated rings. The number of anilines is 1. The van der Waals surface area contributed by atoms with Crippen LogP contribution in [0.1, 0.15) is 22.3 Å². The lowest BCUT2D eigenvalue weighted by Crippen LogP contribution is -2.24. The van der Waals surface area contributed by atoms with E-state index in [1.807, 2.05) is 44.2 Å². The lowest BCUT2D eigenvalue weighted by atomic mass is 10.0.